The molecule has 0 aromatic heterocycles. The molecule has 4 atom stereocenters. The van der Waals surface area contributed by atoms with Gasteiger partial charge in [0.15, 0.2) is 0 Å². The summed E-state index contributed by atoms with van der Waals surface area (Å²) in [4.78, 5) is 0. The van der Waals surface area contributed by atoms with E-state index < -0.39 is 6.10 Å². The minimum Gasteiger partial charge on any atom is -0.487 e. The maximum atomic E-state index is 10.4. The number of halogens is 1. The van der Waals surface area contributed by atoms with Gasteiger partial charge in [-0.3, -0.25) is 0 Å². The standard InChI is InChI=1S/C16H21ClO2/c1-10-5-6-16(8-11(10)2)9-14(18)13-7-12(17)3-4-15(13)19-16/h3-4,7,10-11,14,18H,5-6,8-9H2,1-2H3/t10?,11?,14-,16?/m0/s1. The Labute approximate surface area is 119 Å². The van der Waals surface area contributed by atoms with Crippen LogP contribution in [0.15, 0.2) is 18.2 Å². The number of ether oxygens (including phenoxy) is 1. The van der Waals surface area contributed by atoms with E-state index in [0.29, 0.717) is 17.4 Å². The second kappa shape index (κ2) is 4.68. The summed E-state index contributed by atoms with van der Waals surface area (Å²) < 4.78 is 6.29. The number of benzene rings is 1. The molecule has 0 radical (unpaired) electrons. The van der Waals surface area contributed by atoms with Gasteiger partial charge in [-0.15, -0.1) is 0 Å². The van der Waals surface area contributed by atoms with E-state index in [1.54, 1.807) is 0 Å². The first kappa shape index (κ1) is 13.3. The third-order valence-electron chi connectivity index (χ3n) is 4.94. The van der Waals surface area contributed by atoms with Crippen molar-refractivity contribution >= 4 is 11.6 Å². The second-order valence-electron chi connectivity index (χ2n) is 6.38. The molecule has 1 N–H and O–H groups in total. The molecule has 3 heteroatoms. The molecule has 3 unspecified atom stereocenters. The van der Waals surface area contributed by atoms with E-state index in [9.17, 15) is 5.11 Å². The van der Waals surface area contributed by atoms with Crippen LogP contribution in [0.25, 0.3) is 0 Å². The molecular weight excluding hydrogens is 260 g/mol. The van der Waals surface area contributed by atoms with Gasteiger partial charge >= 0.3 is 0 Å². The third-order valence-corrected chi connectivity index (χ3v) is 5.18. The first-order valence-corrected chi connectivity index (χ1v) is 7.53. The summed E-state index contributed by atoms with van der Waals surface area (Å²) in [6.45, 7) is 4.60. The van der Waals surface area contributed by atoms with Crippen molar-refractivity contribution in [1.29, 1.82) is 0 Å². The average molecular weight is 281 g/mol. The lowest BCUT2D eigenvalue weighted by atomic mass is 9.70. The van der Waals surface area contributed by atoms with E-state index >= 15 is 0 Å². The summed E-state index contributed by atoms with van der Waals surface area (Å²) in [7, 11) is 0. The van der Waals surface area contributed by atoms with Crippen LogP contribution in [0.4, 0.5) is 0 Å². The van der Waals surface area contributed by atoms with Crippen molar-refractivity contribution in [3.63, 3.8) is 0 Å². The van der Waals surface area contributed by atoms with E-state index in [4.69, 9.17) is 16.3 Å². The number of hydrogen-bond donors (Lipinski definition) is 1. The lowest BCUT2D eigenvalue weighted by Gasteiger charge is -2.46. The quantitative estimate of drug-likeness (QED) is 0.765. The first-order valence-electron chi connectivity index (χ1n) is 7.16. The van der Waals surface area contributed by atoms with Gasteiger partial charge in [-0.2, -0.15) is 0 Å². The van der Waals surface area contributed by atoms with Crippen molar-refractivity contribution in [2.24, 2.45) is 11.8 Å². The molecule has 1 saturated carbocycles. The number of hydrogen-bond acceptors (Lipinski definition) is 2. The molecule has 2 aliphatic rings. The fourth-order valence-corrected chi connectivity index (χ4v) is 3.73. The van der Waals surface area contributed by atoms with Crippen molar-refractivity contribution in [2.75, 3.05) is 0 Å². The number of aliphatic hydroxyl groups excluding tert-OH is 1. The van der Waals surface area contributed by atoms with Crippen molar-refractivity contribution in [3.8, 4) is 5.75 Å². The Morgan fingerprint density at radius 1 is 1.26 bits per heavy atom. The van der Waals surface area contributed by atoms with Crippen LogP contribution in [0.3, 0.4) is 0 Å². The average Bonchev–Trinajstić information content (AvgIpc) is 2.36. The first-order chi connectivity index (χ1) is 8.99. The summed E-state index contributed by atoms with van der Waals surface area (Å²) in [5, 5.41) is 11.1. The Morgan fingerprint density at radius 2 is 2.05 bits per heavy atom. The summed E-state index contributed by atoms with van der Waals surface area (Å²) in [6.07, 6.45) is 3.49. The number of rotatable bonds is 0. The number of fused-ring (bicyclic) bond motifs is 1. The van der Waals surface area contributed by atoms with Crippen LogP contribution in [0, 0.1) is 11.8 Å². The Kier molecular flexibility index (Phi) is 3.26. The normalized spacial score (nSPS) is 37.8. The van der Waals surface area contributed by atoms with Gasteiger partial charge in [0.1, 0.15) is 11.4 Å². The topological polar surface area (TPSA) is 29.5 Å². The van der Waals surface area contributed by atoms with Crippen molar-refractivity contribution in [2.45, 2.75) is 51.2 Å². The predicted octanol–water partition coefficient (Wildman–Crippen LogP) is 4.35. The Morgan fingerprint density at radius 3 is 2.79 bits per heavy atom. The highest BCUT2D eigenvalue weighted by atomic mass is 35.5. The van der Waals surface area contributed by atoms with Gasteiger partial charge in [-0.1, -0.05) is 25.4 Å². The van der Waals surface area contributed by atoms with Gasteiger partial charge in [-0.05, 0) is 49.3 Å². The summed E-state index contributed by atoms with van der Waals surface area (Å²) in [5.41, 5.74) is 0.663. The van der Waals surface area contributed by atoms with Gasteiger partial charge < -0.3 is 9.84 Å². The molecule has 0 bridgehead atoms. The maximum Gasteiger partial charge on any atom is 0.126 e. The molecule has 1 aliphatic heterocycles. The monoisotopic (exact) mass is 280 g/mol. The Bertz CT molecular complexity index is 488. The molecular formula is C16H21ClO2. The van der Waals surface area contributed by atoms with Crippen LogP contribution in [-0.2, 0) is 0 Å². The van der Waals surface area contributed by atoms with E-state index in [0.717, 1.165) is 30.1 Å². The molecule has 0 amide bonds. The van der Waals surface area contributed by atoms with Crippen LogP contribution in [0.5, 0.6) is 5.75 Å². The molecule has 1 spiro atoms. The maximum absolute atomic E-state index is 10.4. The molecule has 3 rings (SSSR count). The van der Waals surface area contributed by atoms with E-state index in [1.807, 2.05) is 18.2 Å². The molecule has 1 aromatic carbocycles. The second-order valence-corrected chi connectivity index (χ2v) is 6.82. The van der Waals surface area contributed by atoms with Gasteiger partial charge in [-0.25, -0.2) is 0 Å². The highest BCUT2D eigenvalue weighted by molar-refractivity contribution is 6.30. The molecule has 1 aromatic rings. The highest BCUT2D eigenvalue weighted by Gasteiger charge is 2.44. The van der Waals surface area contributed by atoms with E-state index in [-0.39, 0.29) is 5.60 Å². The lowest BCUT2D eigenvalue weighted by Crippen LogP contribution is -2.46. The highest BCUT2D eigenvalue weighted by Crippen LogP contribution is 2.49. The van der Waals surface area contributed by atoms with Crippen molar-refractivity contribution in [3.05, 3.63) is 28.8 Å². The summed E-state index contributed by atoms with van der Waals surface area (Å²) >= 11 is 5.99. The van der Waals surface area contributed by atoms with Crippen LogP contribution in [-0.4, -0.2) is 10.7 Å². The fraction of sp³-hybridized carbons (Fsp3) is 0.625. The summed E-state index contributed by atoms with van der Waals surface area (Å²) in [5.74, 6) is 2.21. The van der Waals surface area contributed by atoms with Gasteiger partial charge in [0.25, 0.3) is 0 Å². The molecule has 1 aliphatic carbocycles. The van der Waals surface area contributed by atoms with Crippen molar-refractivity contribution in [1.82, 2.24) is 0 Å². The fourth-order valence-electron chi connectivity index (χ4n) is 3.55. The third kappa shape index (κ3) is 2.36. The van der Waals surface area contributed by atoms with Gasteiger partial charge in [0.05, 0.1) is 6.10 Å². The minimum absolute atomic E-state index is 0.174. The van der Waals surface area contributed by atoms with Crippen LogP contribution >= 0.6 is 11.6 Å². The van der Waals surface area contributed by atoms with Crippen LogP contribution < -0.4 is 4.74 Å². The molecule has 1 heterocycles. The zero-order valence-electron chi connectivity index (χ0n) is 11.5. The van der Waals surface area contributed by atoms with E-state index in [2.05, 4.69) is 13.8 Å². The van der Waals surface area contributed by atoms with Crippen LogP contribution in [0.2, 0.25) is 5.02 Å². The lowest BCUT2D eigenvalue weighted by molar-refractivity contribution is -0.0601. The van der Waals surface area contributed by atoms with Crippen LogP contribution in [0.1, 0.15) is 51.2 Å². The largest absolute Gasteiger partial charge is 0.487 e. The van der Waals surface area contributed by atoms with Gasteiger partial charge in [0, 0.05) is 17.0 Å². The smallest absolute Gasteiger partial charge is 0.126 e. The number of aliphatic hydroxyl groups is 1. The Balaban J connectivity index is 1.90. The Hall–Kier alpha value is -0.730. The molecule has 0 saturated heterocycles. The van der Waals surface area contributed by atoms with Gasteiger partial charge in [0.2, 0.25) is 0 Å². The zero-order valence-corrected chi connectivity index (χ0v) is 12.3. The van der Waals surface area contributed by atoms with E-state index in [1.165, 1.54) is 6.42 Å². The molecule has 104 valence electrons. The van der Waals surface area contributed by atoms with Crippen molar-refractivity contribution < 1.29 is 9.84 Å². The molecule has 1 fully saturated rings. The SMILES string of the molecule is CC1CCC2(CC1C)C[C@H](O)c1cc(Cl)ccc1O2. The zero-order chi connectivity index (χ0) is 13.6. The summed E-state index contributed by atoms with van der Waals surface area (Å²) in [6, 6.07) is 5.55. The predicted molar refractivity (Wildman–Crippen MR) is 76.6 cm³/mol. The molecule has 19 heavy (non-hydrogen) atoms. The molecule has 2 nitrogen and oxygen atoms in total. The minimum atomic E-state index is -0.456.